The standard InChI is InChI=1S/C18H24N4O/c1-4-8-15(18-21-20-17-9-6-7-12-22(17)18)19-13(3)16-11-10-14(5-2)23-16/h6-7,9-13,15,19H,4-5,8H2,1-3H3/t13-,15-/m0/s1. The van der Waals surface area contributed by atoms with Crippen LogP contribution < -0.4 is 5.32 Å². The predicted octanol–water partition coefficient (Wildman–Crippen LogP) is 4.08. The van der Waals surface area contributed by atoms with Gasteiger partial charge in [0.25, 0.3) is 0 Å². The minimum Gasteiger partial charge on any atom is -0.464 e. The topological polar surface area (TPSA) is 55.4 Å². The molecule has 5 nitrogen and oxygen atoms in total. The first-order chi connectivity index (χ1) is 11.2. The van der Waals surface area contributed by atoms with E-state index in [0.29, 0.717) is 0 Å². The second-order valence-electron chi connectivity index (χ2n) is 5.87. The van der Waals surface area contributed by atoms with Crippen LogP contribution in [0.5, 0.6) is 0 Å². The molecule has 5 heteroatoms. The number of aromatic nitrogens is 3. The predicted molar refractivity (Wildman–Crippen MR) is 90.3 cm³/mol. The molecule has 0 saturated carbocycles. The van der Waals surface area contributed by atoms with Crippen LogP contribution in [0.4, 0.5) is 0 Å². The van der Waals surface area contributed by atoms with Gasteiger partial charge in [-0.3, -0.25) is 9.72 Å². The number of nitrogens with zero attached hydrogens (tertiary/aromatic N) is 3. The molecule has 0 spiro atoms. The van der Waals surface area contributed by atoms with E-state index < -0.39 is 0 Å². The summed E-state index contributed by atoms with van der Waals surface area (Å²) in [5, 5.41) is 12.3. The van der Waals surface area contributed by atoms with Crippen molar-refractivity contribution in [3.05, 3.63) is 53.9 Å². The van der Waals surface area contributed by atoms with Crippen LogP contribution in [0.25, 0.3) is 5.65 Å². The summed E-state index contributed by atoms with van der Waals surface area (Å²) in [5.74, 6) is 2.95. The minimum atomic E-state index is 0.128. The van der Waals surface area contributed by atoms with E-state index in [0.717, 1.165) is 42.3 Å². The molecule has 122 valence electrons. The van der Waals surface area contributed by atoms with Crippen molar-refractivity contribution in [3.63, 3.8) is 0 Å². The Balaban J connectivity index is 1.83. The lowest BCUT2D eigenvalue weighted by molar-refractivity contribution is 0.359. The van der Waals surface area contributed by atoms with E-state index in [9.17, 15) is 0 Å². The molecule has 3 aromatic heterocycles. The Labute approximate surface area is 136 Å². The van der Waals surface area contributed by atoms with Crippen molar-refractivity contribution in [1.29, 1.82) is 0 Å². The van der Waals surface area contributed by atoms with E-state index >= 15 is 0 Å². The van der Waals surface area contributed by atoms with Crippen molar-refractivity contribution in [1.82, 2.24) is 19.9 Å². The van der Waals surface area contributed by atoms with Crippen molar-refractivity contribution in [2.45, 2.75) is 52.1 Å². The Hall–Kier alpha value is -2.14. The van der Waals surface area contributed by atoms with Gasteiger partial charge in [0.1, 0.15) is 11.5 Å². The van der Waals surface area contributed by atoms with Gasteiger partial charge in [0, 0.05) is 12.6 Å². The molecule has 0 aliphatic heterocycles. The fraction of sp³-hybridized carbons (Fsp3) is 0.444. The summed E-state index contributed by atoms with van der Waals surface area (Å²) in [6, 6.07) is 10.3. The molecule has 1 N–H and O–H groups in total. The van der Waals surface area contributed by atoms with Gasteiger partial charge in [-0.1, -0.05) is 26.3 Å². The second-order valence-corrected chi connectivity index (χ2v) is 5.87. The highest BCUT2D eigenvalue weighted by Crippen LogP contribution is 2.24. The summed E-state index contributed by atoms with van der Waals surface area (Å²) in [6.45, 7) is 6.41. The zero-order chi connectivity index (χ0) is 16.2. The Kier molecular flexibility index (Phi) is 4.76. The first-order valence-corrected chi connectivity index (χ1v) is 8.37. The van der Waals surface area contributed by atoms with Crippen LogP contribution in [0.2, 0.25) is 0 Å². The molecule has 0 aromatic carbocycles. The largest absolute Gasteiger partial charge is 0.464 e. The van der Waals surface area contributed by atoms with Gasteiger partial charge in [-0.25, -0.2) is 0 Å². The Morgan fingerprint density at radius 3 is 2.78 bits per heavy atom. The van der Waals surface area contributed by atoms with Gasteiger partial charge in [0.05, 0.1) is 12.1 Å². The van der Waals surface area contributed by atoms with E-state index in [1.54, 1.807) is 0 Å². The monoisotopic (exact) mass is 312 g/mol. The van der Waals surface area contributed by atoms with Crippen LogP contribution in [-0.2, 0) is 6.42 Å². The second kappa shape index (κ2) is 6.96. The molecule has 0 aliphatic carbocycles. The van der Waals surface area contributed by atoms with Crippen LogP contribution in [0.1, 0.15) is 63.0 Å². The maximum Gasteiger partial charge on any atom is 0.160 e. The Morgan fingerprint density at radius 2 is 2.04 bits per heavy atom. The first kappa shape index (κ1) is 15.7. The SMILES string of the molecule is CCC[C@H](N[C@@H](C)c1ccc(CC)o1)c1nnc2ccccn12. The van der Waals surface area contributed by atoms with E-state index in [2.05, 4.69) is 52.8 Å². The van der Waals surface area contributed by atoms with Gasteiger partial charge in [-0.05, 0) is 37.6 Å². The van der Waals surface area contributed by atoms with Crippen molar-refractivity contribution in [2.75, 3.05) is 0 Å². The molecule has 3 aromatic rings. The molecular weight excluding hydrogens is 288 g/mol. The van der Waals surface area contributed by atoms with Crippen LogP contribution in [-0.4, -0.2) is 14.6 Å². The third-order valence-electron chi connectivity index (χ3n) is 4.14. The van der Waals surface area contributed by atoms with Crippen LogP contribution in [0, 0.1) is 0 Å². The summed E-state index contributed by atoms with van der Waals surface area (Å²) in [6.07, 6.45) is 5.01. The van der Waals surface area contributed by atoms with Gasteiger partial charge in [0.15, 0.2) is 11.5 Å². The zero-order valence-electron chi connectivity index (χ0n) is 14.0. The molecule has 0 radical (unpaired) electrons. The van der Waals surface area contributed by atoms with Gasteiger partial charge >= 0.3 is 0 Å². The average Bonchev–Trinajstić information content (AvgIpc) is 3.21. The molecule has 2 atom stereocenters. The highest BCUT2D eigenvalue weighted by molar-refractivity contribution is 5.37. The number of furan rings is 1. The van der Waals surface area contributed by atoms with Crippen molar-refractivity contribution in [3.8, 4) is 0 Å². The summed E-state index contributed by atoms with van der Waals surface area (Å²) in [4.78, 5) is 0. The van der Waals surface area contributed by atoms with Gasteiger partial charge in [-0.2, -0.15) is 0 Å². The Morgan fingerprint density at radius 1 is 1.17 bits per heavy atom. The van der Waals surface area contributed by atoms with Crippen LogP contribution in [0.3, 0.4) is 0 Å². The molecule has 0 aliphatic rings. The summed E-state index contributed by atoms with van der Waals surface area (Å²) >= 11 is 0. The van der Waals surface area contributed by atoms with Gasteiger partial charge < -0.3 is 4.42 Å². The molecule has 0 saturated heterocycles. The number of aryl methyl sites for hydroxylation is 1. The smallest absolute Gasteiger partial charge is 0.160 e. The van der Waals surface area contributed by atoms with Gasteiger partial charge in [0.2, 0.25) is 0 Å². The number of nitrogens with one attached hydrogen (secondary N) is 1. The molecule has 3 rings (SSSR count). The Bertz CT molecular complexity index is 761. The van der Waals surface area contributed by atoms with Crippen molar-refractivity contribution >= 4 is 5.65 Å². The third-order valence-corrected chi connectivity index (χ3v) is 4.14. The molecule has 0 unspecified atom stereocenters. The number of rotatable bonds is 7. The lowest BCUT2D eigenvalue weighted by Crippen LogP contribution is -2.26. The van der Waals surface area contributed by atoms with E-state index in [-0.39, 0.29) is 12.1 Å². The molecule has 0 bridgehead atoms. The fourth-order valence-electron chi connectivity index (χ4n) is 2.87. The lowest BCUT2D eigenvalue weighted by Gasteiger charge is -2.20. The number of fused-ring (bicyclic) bond motifs is 1. The number of pyridine rings is 1. The molecule has 3 heterocycles. The van der Waals surface area contributed by atoms with Crippen LogP contribution in [0.15, 0.2) is 40.9 Å². The fourth-order valence-corrected chi connectivity index (χ4v) is 2.87. The lowest BCUT2D eigenvalue weighted by atomic mass is 10.1. The average molecular weight is 312 g/mol. The van der Waals surface area contributed by atoms with Crippen LogP contribution >= 0.6 is 0 Å². The van der Waals surface area contributed by atoms with Crippen molar-refractivity contribution in [2.24, 2.45) is 0 Å². The quantitative estimate of drug-likeness (QED) is 0.714. The number of hydrogen-bond donors (Lipinski definition) is 1. The summed E-state index contributed by atoms with van der Waals surface area (Å²) in [5.41, 5.74) is 0.879. The summed E-state index contributed by atoms with van der Waals surface area (Å²) in [7, 11) is 0. The molecule has 0 fully saturated rings. The maximum atomic E-state index is 5.87. The zero-order valence-corrected chi connectivity index (χ0v) is 14.0. The highest BCUT2D eigenvalue weighted by atomic mass is 16.3. The summed E-state index contributed by atoms with van der Waals surface area (Å²) < 4.78 is 7.93. The molecule has 23 heavy (non-hydrogen) atoms. The maximum absolute atomic E-state index is 5.87. The van der Waals surface area contributed by atoms with E-state index in [1.807, 2.05) is 24.4 Å². The van der Waals surface area contributed by atoms with E-state index in [4.69, 9.17) is 4.42 Å². The molecule has 0 amide bonds. The normalized spacial score (nSPS) is 14.2. The third kappa shape index (κ3) is 3.29. The van der Waals surface area contributed by atoms with E-state index in [1.165, 1.54) is 0 Å². The van der Waals surface area contributed by atoms with Gasteiger partial charge in [-0.15, -0.1) is 10.2 Å². The number of hydrogen-bond acceptors (Lipinski definition) is 4. The highest BCUT2D eigenvalue weighted by Gasteiger charge is 2.21. The first-order valence-electron chi connectivity index (χ1n) is 8.37. The minimum absolute atomic E-state index is 0.128. The van der Waals surface area contributed by atoms with Crippen molar-refractivity contribution < 1.29 is 4.42 Å². The molecular formula is C18H24N4O.